The fourth-order valence-electron chi connectivity index (χ4n) is 1.32. The second-order valence-electron chi connectivity index (χ2n) is 3.22. The lowest BCUT2D eigenvalue weighted by Gasteiger charge is -2.07. The molecule has 0 amide bonds. The summed E-state index contributed by atoms with van der Waals surface area (Å²) < 4.78 is 0. The Hall–Kier alpha value is -2.65. The lowest BCUT2D eigenvalue weighted by Crippen LogP contribution is -2.09. The summed E-state index contributed by atoms with van der Waals surface area (Å²) >= 11 is 0. The number of hydrazine groups is 1. The van der Waals surface area contributed by atoms with Crippen LogP contribution in [-0.4, -0.2) is 9.97 Å². The Bertz CT molecular complexity index is 560. The van der Waals surface area contributed by atoms with Gasteiger partial charge in [-0.3, -0.25) is 4.98 Å². The number of benzene rings is 1. The van der Waals surface area contributed by atoms with E-state index >= 15 is 0 Å². The van der Waals surface area contributed by atoms with Gasteiger partial charge in [0.15, 0.2) is 11.6 Å². The van der Waals surface area contributed by atoms with Crippen molar-refractivity contribution in [1.29, 1.82) is 5.26 Å². The maximum atomic E-state index is 8.94. The molecule has 0 unspecified atom stereocenters. The molecule has 0 radical (unpaired) electrons. The molecular weight excluding hydrogens is 216 g/mol. The summed E-state index contributed by atoms with van der Waals surface area (Å²) in [6.07, 6.45) is 3.05. The predicted molar refractivity (Wildman–Crippen MR) is 64.3 cm³/mol. The molecular formula is C11H10N6. The number of nitriles is 1. The van der Waals surface area contributed by atoms with Gasteiger partial charge in [0.05, 0.1) is 23.6 Å². The maximum absolute atomic E-state index is 8.94. The number of nitrogens with one attached hydrogen (secondary N) is 2. The van der Waals surface area contributed by atoms with Crippen molar-refractivity contribution in [2.45, 2.75) is 0 Å². The van der Waals surface area contributed by atoms with Gasteiger partial charge in [0, 0.05) is 0 Å². The predicted octanol–water partition coefficient (Wildman–Crippen LogP) is 1.38. The normalized spacial score (nSPS) is 9.41. The lowest BCUT2D eigenvalue weighted by molar-refractivity contribution is 1.16. The SMILES string of the molecule is N#Cc1ccccc1Nc1cncc(NN)n1. The van der Waals surface area contributed by atoms with E-state index in [4.69, 9.17) is 11.1 Å². The van der Waals surface area contributed by atoms with Crippen LogP contribution in [0.25, 0.3) is 0 Å². The third-order valence-corrected chi connectivity index (χ3v) is 2.09. The quantitative estimate of drug-likeness (QED) is 0.540. The molecule has 0 atom stereocenters. The molecule has 84 valence electrons. The first-order chi connectivity index (χ1) is 8.33. The molecule has 6 heteroatoms. The van der Waals surface area contributed by atoms with Gasteiger partial charge >= 0.3 is 0 Å². The van der Waals surface area contributed by atoms with Gasteiger partial charge in [0.25, 0.3) is 0 Å². The van der Waals surface area contributed by atoms with E-state index in [1.165, 1.54) is 6.20 Å². The van der Waals surface area contributed by atoms with Crippen molar-refractivity contribution < 1.29 is 0 Å². The van der Waals surface area contributed by atoms with Gasteiger partial charge in [-0.15, -0.1) is 0 Å². The van der Waals surface area contributed by atoms with Crippen LogP contribution in [0.2, 0.25) is 0 Å². The Balaban J connectivity index is 2.28. The van der Waals surface area contributed by atoms with E-state index in [-0.39, 0.29) is 0 Å². The fourth-order valence-corrected chi connectivity index (χ4v) is 1.32. The van der Waals surface area contributed by atoms with E-state index in [1.54, 1.807) is 24.4 Å². The van der Waals surface area contributed by atoms with Crippen LogP contribution in [0.15, 0.2) is 36.7 Å². The molecule has 0 aliphatic rings. The number of nitrogen functional groups attached to an aromatic ring is 1. The number of nitrogens with zero attached hydrogens (tertiary/aromatic N) is 3. The van der Waals surface area contributed by atoms with Crippen molar-refractivity contribution in [2.75, 3.05) is 10.7 Å². The third-order valence-electron chi connectivity index (χ3n) is 2.09. The molecule has 2 aromatic rings. The van der Waals surface area contributed by atoms with Crippen molar-refractivity contribution in [3.8, 4) is 6.07 Å². The minimum Gasteiger partial charge on any atom is -0.338 e. The standard InChI is InChI=1S/C11H10N6/c12-5-8-3-1-2-4-9(8)15-10-6-14-7-11(16-10)17-13/h1-4,6-7H,13H2,(H2,15,16,17). The fraction of sp³-hybridized carbons (Fsp3) is 0. The Morgan fingerprint density at radius 3 is 2.71 bits per heavy atom. The van der Waals surface area contributed by atoms with Gasteiger partial charge < -0.3 is 10.7 Å². The van der Waals surface area contributed by atoms with E-state index in [2.05, 4.69) is 26.8 Å². The van der Waals surface area contributed by atoms with Crippen molar-refractivity contribution in [2.24, 2.45) is 5.84 Å². The Kier molecular flexibility index (Phi) is 3.14. The number of para-hydroxylation sites is 1. The highest BCUT2D eigenvalue weighted by Gasteiger charge is 2.02. The smallest absolute Gasteiger partial charge is 0.160 e. The summed E-state index contributed by atoms with van der Waals surface area (Å²) in [6.45, 7) is 0. The molecule has 1 heterocycles. The molecule has 17 heavy (non-hydrogen) atoms. The van der Waals surface area contributed by atoms with E-state index in [1.807, 2.05) is 6.07 Å². The van der Waals surface area contributed by atoms with Crippen LogP contribution in [0.3, 0.4) is 0 Å². The number of nitrogens with two attached hydrogens (primary N) is 1. The van der Waals surface area contributed by atoms with E-state index in [9.17, 15) is 0 Å². The van der Waals surface area contributed by atoms with Crippen LogP contribution >= 0.6 is 0 Å². The molecule has 0 spiro atoms. The van der Waals surface area contributed by atoms with Gasteiger partial charge in [-0.2, -0.15) is 5.26 Å². The van der Waals surface area contributed by atoms with Gasteiger partial charge in [0.1, 0.15) is 6.07 Å². The summed E-state index contributed by atoms with van der Waals surface area (Å²) in [5.74, 6) is 6.20. The summed E-state index contributed by atoms with van der Waals surface area (Å²) in [6, 6.07) is 9.24. The Morgan fingerprint density at radius 2 is 1.94 bits per heavy atom. The van der Waals surface area contributed by atoms with Crippen molar-refractivity contribution in [1.82, 2.24) is 9.97 Å². The molecule has 1 aromatic carbocycles. The second-order valence-corrected chi connectivity index (χ2v) is 3.22. The molecule has 1 aromatic heterocycles. The van der Waals surface area contributed by atoms with Gasteiger partial charge in [-0.25, -0.2) is 10.8 Å². The zero-order chi connectivity index (χ0) is 12.1. The number of hydrogen-bond donors (Lipinski definition) is 3. The first kappa shape index (κ1) is 10.9. The highest BCUT2D eigenvalue weighted by atomic mass is 15.3. The van der Waals surface area contributed by atoms with E-state index < -0.39 is 0 Å². The Morgan fingerprint density at radius 1 is 1.18 bits per heavy atom. The first-order valence-electron chi connectivity index (χ1n) is 4.88. The Labute approximate surface area is 98.1 Å². The molecule has 0 bridgehead atoms. The number of aromatic nitrogens is 2. The molecule has 0 aliphatic heterocycles. The molecule has 6 nitrogen and oxygen atoms in total. The van der Waals surface area contributed by atoms with Crippen molar-refractivity contribution in [3.05, 3.63) is 42.2 Å². The van der Waals surface area contributed by atoms with Crippen LogP contribution < -0.4 is 16.6 Å². The monoisotopic (exact) mass is 226 g/mol. The molecule has 0 saturated heterocycles. The molecule has 4 N–H and O–H groups in total. The summed E-state index contributed by atoms with van der Waals surface area (Å²) in [5, 5.41) is 11.9. The topological polar surface area (TPSA) is 99.7 Å². The molecule has 0 aliphatic carbocycles. The second kappa shape index (κ2) is 4.92. The van der Waals surface area contributed by atoms with E-state index in [0.29, 0.717) is 22.9 Å². The zero-order valence-corrected chi connectivity index (χ0v) is 8.88. The zero-order valence-electron chi connectivity index (χ0n) is 8.88. The minimum atomic E-state index is 0.449. The van der Waals surface area contributed by atoms with Crippen molar-refractivity contribution >= 4 is 17.3 Å². The third kappa shape index (κ3) is 2.48. The maximum Gasteiger partial charge on any atom is 0.160 e. The summed E-state index contributed by atoms with van der Waals surface area (Å²) in [4.78, 5) is 8.10. The van der Waals surface area contributed by atoms with Crippen LogP contribution in [0.4, 0.5) is 17.3 Å². The van der Waals surface area contributed by atoms with Gasteiger partial charge in [-0.05, 0) is 12.1 Å². The van der Waals surface area contributed by atoms with Crippen LogP contribution in [0, 0.1) is 11.3 Å². The van der Waals surface area contributed by atoms with Crippen molar-refractivity contribution in [3.63, 3.8) is 0 Å². The molecule has 2 rings (SSSR count). The highest BCUT2D eigenvalue weighted by Crippen LogP contribution is 2.18. The average Bonchev–Trinajstić information content (AvgIpc) is 2.39. The molecule has 0 fully saturated rings. The van der Waals surface area contributed by atoms with Crippen LogP contribution in [0.1, 0.15) is 5.56 Å². The summed E-state index contributed by atoms with van der Waals surface area (Å²) in [5.41, 5.74) is 3.62. The summed E-state index contributed by atoms with van der Waals surface area (Å²) in [7, 11) is 0. The molecule has 0 saturated carbocycles. The van der Waals surface area contributed by atoms with Crippen LogP contribution in [-0.2, 0) is 0 Å². The lowest BCUT2D eigenvalue weighted by atomic mass is 10.2. The van der Waals surface area contributed by atoms with Gasteiger partial charge in [0.2, 0.25) is 0 Å². The highest BCUT2D eigenvalue weighted by molar-refractivity contribution is 5.64. The number of hydrogen-bond acceptors (Lipinski definition) is 6. The average molecular weight is 226 g/mol. The number of anilines is 3. The van der Waals surface area contributed by atoms with Crippen LogP contribution in [0.5, 0.6) is 0 Å². The minimum absolute atomic E-state index is 0.449. The van der Waals surface area contributed by atoms with E-state index in [0.717, 1.165) is 0 Å². The largest absolute Gasteiger partial charge is 0.338 e. The first-order valence-corrected chi connectivity index (χ1v) is 4.88. The van der Waals surface area contributed by atoms with Gasteiger partial charge in [-0.1, -0.05) is 12.1 Å². The number of rotatable bonds is 3.